The van der Waals surface area contributed by atoms with Crippen LogP contribution in [-0.4, -0.2) is 41.5 Å². The first-order valence-electron chi connectivity index (χ1n) is 7.82. The normalized spacial score (nSPS) is 20.4. The van der Waals surface area contributed by atoms with Crippen molar-refractivity contribution in [1.82, 2.24) is 9.88 Å². The maximum Gasteiger partial charge on any atom is 0.257 e. The predicted octanol–water partition coefficient (Wildman–Crippen LogP) is 2.07. The smallest absolute Gasteiger partial charge is 0.257 e. The Hall–Kier alpha value is -2.80. The number of likely N-dealkylation sites (N-methyl/N-ethyl adjacent to an activating group) is 1. The van der Waals surface area contributed by atoms with Crippen molar-refractivity contribution in [3.63, 3.8) is 0 Å². The molecule has 2 heterocycles. The molecule has 1 fully saturated rings. The monoisotopic (exact) mass is 343 g/mol. The predicted molar refractivity (Wildman–Crippen MR) is 89.3 cm³/mol. The van der Waals surface area contributed by atoms with Gasteiger partial charge in [-0.25, -0.2) is 9.37 Å². The number of aromatic nitrogens is 1. The number of benzene rings is 1. The Labute approximate surface area is 144 Å². The van der Waals surface area contributed by atoms with Crippen molar-refractivity contribution in [3.8, 4) is 0 Å². The number of halogens is 1. The highest BCUT2D eigenvalue weighted by atomic mass is 19.1. The van der Waals surface area contributed by atoms with Crippen LogP contribution in [0, 0.1) is 12.7 Å². The maximum atomic E-state index is 13.2. The molecular formula is C18H18FN3O3. The molecule has 1 aliphatic heterocycles. The van der Waals surface area contributed by atoms with Gasteiger partial charge in [0.15, 0.2) is 6.10 Å². The van der Waals surface area contributed by atoms with Crippen molar-refractivity contribution in [2.24, 2.45) is 0 Å². The van der Waals surface area contributed by atoms with Gasteiger partial charge in [0, 0.05) is 13.2 Å². The summed E-state index contributed by atoms with van der Waals surface area (Å²) in [6.45, 7) is 1.70. The average Bonchev–Trinajstić information content (AvgIpc) is 2.58. The Morgan fingerprint density at radius 3 is 2.72 bits per heavy atom. The summed E-state index contributed by atoms with van der Waals surface area (Å²) >= 11 is 0. The number of carbonyl (C=O) groups excluding carboxylic acids is 2. The van der Waals surface area contributed by atoms with Crippen LogP contribution in [0.5, 0.6) is 0 Å². The van der Waals surface area contributed by atoms with Crippen LogP contribution in [0.4, 0.5) is 10.2 Å². The van der Waals surface area contributed by atoms with Gasteiger partial charge in [0.1, 0.15) is 18.2 Å². The van der Waals surface area contributed by atoms with Gasteiger partial charge in [-0.15, -0.1) is 0 Å². The van der Waals surface area contributed by atoms with Crippen LogP contribution in [0.2, 0.25) is 0 Å². The Balaban J connectivity index is 1.87. The molecule has 2 aromatic rings. The van der Waals surface area contributed by atoms with E-state index in [1.165, 1.54) is 17.0 Å². The fraction of sp³-hybridized carbons (Fsp3) is 0.278. The lowest BCUT2D eigenvalue weighted by Crippen LogP contribution is -2.51. The molecule has 7 heteroatoms. The molecule has 25 heavy (non-hydrogen) atoms. The number of nitrogens with zero attached hydrogens (tertiary/aromatic N) is 2. The highest BCUT2D eigenvalue weighted by Crippen LogP contribution is 2.30. The van der Waals surface area contributed by atoms with Crippen molar-refractivity contribution in [3.05, 3.63) is 59.5 Å². The molecule has 2 amide bonds. The van der Waals surface area contributed by atoms with Crippen molar-refractivity contribution in [2.75, 3.05) is 19.0 Å². The number of morpholine rings is 1. The summed E-state index contributed by atoms with van der Waals surface area (Å²) < 4.78 is 18.7. The minimum absolute atomic E-state index is 0.187. The summed E-state index contributed by atoms with van der Waals surface area (Å²) in [5.74, 6) is -0.635. The van der Waals surface area contributed by atoms with Crippen LogP contribution in [0.15, 0.2) is 42.6 Å². The molecule has 1 aromatic carbocycles. The zero-order valence-corrected chi connectivity index (χ0v) is 13.9. The number of hydrogen-bond acceptors (Lipinski definition) is 4. The zero-order valence-electron chi connectivity index (χ0n) is 13.9. The highest BCUT2D eigenvalue weighted by Gasteiger charge is 2.40. The van der Waals surface area contributed by atoms with E-state index in [0.717, 1.165) is 5.56 Å². The van der Waals surface area contributed by atoms with E-state index in [0.29, 0.717) is 11.4 Å². The number of ether oxygens (including phenoxy) is 1. The number of pyridine rings is 1. The first-order valence-corrected chi connectivity index (χ1v) is 7.82. The summed E-state index contributed by atoms with van der Waals surface area (Å²) in [4.78, 5) is 30.2. The minimum atomic E-state index is -0.921. The lowest BCUT2D eigenvalue weighted by atomic mass is 9.97. The Morgan fingerprint density at radius 1 is 1.32 bits per heavy atom. The van der Waals surface area contributed by atoms with E-state index in [4.69, 9.17) is 4.74 Å². The Kier molecular flexibility index (Phi) is 4.76. The molecule has 0 unspecified atom stereocenters. The quantitative estimate of drug-likeness (QED) is 0.926. The van der Waals surface area contributed by atoms with Crippen LogP contribution in [0.3, 0.4) is 0 Å². The van der Waals surface area contributed by atoms with Crippen LogP contribution < -0.4 is 5.32 Å². The molecule has 0 radical (unpaired) electrons. The zero-order chi connectivity index (χ0) is 18.0. The summed E-state index contributed by atoms with van der Waals surface area (Å²) in [7, 11) is 1.60. The van der Waals surface area contributed by atoms with E-state index in [1.807, 2.05) is 13.0 Å². The van der Waals surface area contributed by atoms with Crippen LogP contribution >= 0.6 is 0 Å². The van der Waals surface area contributed by atoms with E-state index in [9.17, 15) is 14.0 Å². The summed E-state index contributed by atoms with van der Waals surface area (Å²) in [5, 5.41) is 2.71. The van der Waals surface area contributed by atoms with Gasteiger partial charge in [-0.05, 0) is 42.3 Å². The molecule has 130 valence electrons. The Morgan fingerprint density at radius 2 is 2.04 bits per heavy atom. The highest BCUT2D eigenvalue weighted by molar-refractivity contribution is 5.95. The minimum Gasteiger partial charge on any atom is -0.356 e. The number of rotatable bonds is 3. The summed E-state index contributed by atoms with van der Waals surface area (Å²) in [6, 6.07) is 8.58. The van der Waals surface area contributed by atoms with Crippen molar-refractivity contribution in [1.29, 1.82) is 0 Å². The fourth-order valence-electron chi connectivity index (χ4n) is 2.79. The van der Waals surface area contributed by atoms with Gasteiger partial charge >= 0.3 is 0 Å². The molecule has 0 saturated carbocycles. The number of amides is 2. The van der Waals surface area contributed by atoms with Gasteiger partial charge < -0.3 is 15.0 Å². The van der Waals surface area contributed by atoms with Crippen LogP contribution in [0.25, 0.3) is 0 Å². The molecule has 1 aliphatic rings. The van der Waals surface area contributed by atoms with E-state index < -0.39 is 18.1 Å². The molecule has 0 bridgehead atoms. The lowest BCUT2D eigenvalue weighted by Gasteiger charge is -2.38. The summed E-state index contributed by atoms with van der Waals surface area (Å²) in [5.41, 5.74) is 1.58. The van der Waals surface area contributed by atoms with Crippen molar-refractivity contribution in [2.45, 2.75) is 19.1 Å². The molecule has 1 aromatic heterocycles. The van der Waals surface area contributed by atoms with Crippen molar-refractivity contribution >= 4 is 17.6 Å². The largest absolute Gasteiger partial charge is 0.356 e. The Bertz CT molecular complexity index is 794. The third kappa shape index (κ3) is 3.66. The number of carbonyl (C=O) groups is 2. The van der Waals surface area contributed by atoms with Gasteiger partial charge in [-0.2, -0.15) is 0 Å². The third-order valence-corrected chi connectivity index (χ3v) is 4.12. The van der Waals surface area contributed by atoms with E-state index >= 15 is 0 Å². The van der Waals surface area contributed by atoms with Gasteiger partial charge in [-0.1, -0.05) is 12.1 Å². The van der Waals surface area contributed by atoms with Crippen LogP contribution in [-0.2, 0) is 14.3 Å². The molecular weight excluding hydrogens is 325 g/mol. The molecule has 1 saturated heterocycles. The van der Waals surface area contributed by atoms with E-state index in [1.54, 1.807) is 31.4 Å². The second kappa shape index (κ2) is 6.98. The van der Waals surface area contributed by atoms with Crippen molar-refractivity contribution < 1.29 is 18.7 Å². The molecule has 0 spiro atoms. The lowest BCUT2D eigenvalue weighted by molar-refractivity contribution is -0.160. The standard InChI is InChI=1S/C18H18FN3O3/c1-11-7-8-20-14(9-11)21-18(24)17-16(22(2)15(23)10-25-17)12-3-5-13(19)6-4-12/h3-9,16-17H,10H2,1-2H3,(H,20,21,24)/t16-,17+/m0/s1. The SMILES string of the molecule is Cc1ccnc(NC(=O)[C@@H]2OCC(=O)N(C)[C@H]2c2ccc(F)cc2)c1. The second-order valence-corrected chi connectivity index (χ2v) is 5.94. The van der Waals surface area contributed by atoms with Gasteiger partial charge in [-0.3, -0.25) is 9.59 Å². The molecule has 0 aliphatic carbocycles. The number of hydrogen-bond donors (Lipinski definition) is 1. The first-order chi connectivity index (χ1) is 12.0. The second-order valence-electron chi connectivity index (χ2n) is 5.94. The fourth-order valence-corrected chi connectivity index (χ4v) is 2.79. The summed E-state index contributed by atoms with van der Waals surface area (Å²) in [6.07, 6.45) is 0.676. The topological polar surface area (TPSA) is 71.5 Å². The number of anilines is 1. The van der Waals surface area contributed by atoms with Gasteiger partial charge in [0.25, 0.3) is 5.91 Å². The molecule has 1 N–H and O–H groups in total. The maximum absolute atomic E-state index is 13.2. The van der Waals surface area contributed by atoms with E-state index in [2.05, 4.69) is 10.3 Å². The molecule has 2 atom stereocenters. The van der Waals surface area contributed by atoms with Crippen LogP contribution in [0.1, 0.15) is 17.2 Å². The van der Waals surface area contributed by atoms with Gasteiger partial charge in [0.05, 0.1) is 6.04 Å². The van der Waals surface area contributed by atoms with Gasteiger partial charge in [0.2, 0.25) is 5.91 Å². The average molecular weight is 343 g/mol. The number of nitrogens with one attached hydrogen (secondary N) is 1. The molecule has 6 nitrogen and oxygen atoms in total. The number of aryl methyl sites for hydroxylation is 1. The molecule has 3 rings (SSSR count). The third-order valence-electron chi connectivity index (χ3n) is 4.12. The van der Waals surface area contributed by atoms with E-state index in [-0.39, 0.29) is 18.3 Å². The first kappa shape index (κ1) is 17.0.